The van der Waals surface area contributed by atoms with Crippen molar-refractivity contribution in [3.05, 3.63) is 39.5 Å². The summed E-state index contributed by atoms with van der Waals surface area (Å²) in [6.07, 6.45) is 2.97. The SMILES string of the molecule is COC(=O)c1cc([N+](=O)[O-])c(-c2cnccc2OC)s1. The minimum atomic E-state index is -0.618. The van der Waals surface area contributed by atoms with Crippen LogP contribution in [0.3, 0.4) is 0 Å². The third-order valence-electron chi connectivity index (χ3n) is 2.54. The van der Waals surface area contributed by atoms with Gasteiger partial charge in [-0.15, -0.1) is 11.3 Å². The molecule has 2 aromatic heterocycles. The van der Waals surface area contributed by atoms with Gasteiger partial charge < -0.3 is 9.47 Å². The maximum atomic E-state index is 11.5. The van der Waals surface area contributed by atoms with E-state index in [1.54, 1.807) is 6.07 Å². The molecule has 2 aromatic rings. The fourth-order valence-corrected chi connectivity index (χ4v) is 2.70. The number of thiophene rings is 1. The molecular weight excluding hydrogens is 284 g/mol. The highest BCUT2D eigenvalue weighted by Crippen LogP contribution is 2.41. The summed E-state index contributed by atoms with van der Waals surface area (Å²) in [6, 6.07) is 2.79. The summed E-state index contributed by atoms with van der Waals surface area (Å²) < 4.78 is 9.74. The first-order valence-corrected chi connectivity index (χ1v) is 6.25. The van der Waals surface area contributed by atoms with Gasteiger partial charge in [-0.25, -0.2) is 4.79 Å². The van der Waals surface area contributed by atoms with E-state index in [0.717, 1.165) is 11.3 Å². The van der Waals surface area contributed by atoms with Crippen LogP contribution in [-0.2, 0) is 4.74 Å². The lowest BCUT2D eigenvalue weighted by atomic mass is 10.2. The molecule has 2 heterocycles. The molecular formula is C12H10N2O5S. The maximum absolute atomic E-state index is 11.5. The minimum Gasteiger partial charge on any atom is -0.496 e. The quantitative estimate of drug-likeness (QED) is 0.489. The number of nitro groups is 1. The van der Waals surface area contributed by atoms with E-state index in [0.29, 0.717) is 16.2 Å². The average Bonchev–Trinajstić information content (AvgIpc) is 2.91. The largest absolute Gasteiger partial charge is 0.496 e. The van der Waals surface area contributed by atoms with Gasteiger partial charge in [0.1, 0.15) is 15.5 Å². The highest BCUT2D eigenvalue weighted by molar-refractivity contribution is 7.18. The molecule has 0 amide bonds. The van der Waals surface area contributed by atoms with Crippen molar-refractivity contribution in [2.75, 3.05) is 14.2 Å². The second-order valence-corrected chi connectivity index (χ2v) is 4.70. The monoisotopic (exact) mass is 294 g/mol. The summed E-state index contributed by atoms with van der Waals surface area (Å²) in [5.74, 6) is -0.173. The smallest absolute Gasteiger partial charge is 0.348 e. The molecule has 0 saturated heterocycles. The average molecular weight is 294 g/mol. The molecule has 0 bridgehead atoms. The molecule has 0 atom stereocenters. The Bertz CT molecular complexity index is 668. The van der Waals surface area contributed by atoms with Crippen molar-refractivity contribution in [1.82, 2.24) is 4.98 Å². The molecule has 0 aliphatic carbocycles. The lowest BCUT2D eigenvalue weighted by Crippen LogP contribution is -1.97. The number of pyridine rings is 1. The predicted octanol–water partition coefficient (Wildman–Crippen LogP) is 2.51. The number of hydrogen-bond acceptors (Lipinski definition) is 7. The summed E-state index contributed by atoms with van der Waals surface area (Å²) in [4.78, 5) is 26.5. The van der Waals surface area contributed by atoms with Crippen LogP contribution in [0, 0.1) is 10.1 Å². The van der Waals surface area contributed by atoms with Gasteiger partial charge in [-0.1, -0.05) is 0 Å². The van der Waals surface area contributed by atoms with Crippen molar-refractivity contribution in [2.45, 2.75) is 0 Å². The second kappa shape index (κ2) is 5.66. The normalized spacial score (nSPS) is 10.1. The third-order valence-corrected chi connectivity index (χ3v) is 3.68. The van der Waals surface area contributed by atoms with E-state index in [-0.39, 0.29) is 10.6 Å². The molecule has 7 nitrogen and oxygen atoms in total. The molecule has 0 N–H and O–H groups in total. The topological polar surface area (TPSA) is 91.6 Å². The van der Waals surface area contributed by atoms with Gasteiger partial charge in [0.25, 0.3) is 5.69 Å². The lowest BCUT2D eigenvalue weighted by molar-refractivity contribution is -0.383. The Hall–Kier alpha value is -2.48. The molecule has 0 aliphatic heterocycles. The number of ether oxygens (including phenoxy) is 2. The second-order valence-electron chi connectivity index (χ2n) is 3.65. The van der Waals surface area contributed by atoms with Crippen molar-refractivity contribution < 1.29 is 19.2 Å². The molecule has 0 radical (unpaired) electrons. The fourth-order valence-electron chi connectivity index (χ4n) is 1.64. The van der Waals surface area contributed by atoms with E-state index in [1.165, 1.54) is 32.7 Å². The first kappa shape index (κ1) is 13.9. The Morgan fingerprint density at radius 3 is 2.80 bits per heavy atom. The Kier molecular flexibility index (Phi) is 3.94. The number of nitrogens with zero attached hydrogens (tertiary/aromatic N) is 2. The summed E-state index contributed by atoms with van der Waals surface area (Å²) in [5.41, 5.74) is 0.281. The number of esters is 1. The van der Waals surface area contributed by atoms with Crippen LogP contribution in [0.25, 0.3) is 10.4 Å². The van der Waals surface area contributed by atoms with Crippen molar-refractivity contribution in [3.8, 4) is 16.2 Å². The van der Waals surface area contributed by atoms with E-state index in [4.69, 9.17) is 4.74 Å². The number of aromatic nitrogens is 1. The van der Waals surface area contributed by atoms with Gasteiger partial charge in [-0.3, -0.25) is 15.1 Å². The summed E-state index contributed by atoms with van der Waals surface area (Å²) in [6.45, 7) is 0. The van der Waals surface area contributed by atoms with Crippen LogP contribution in [0.2, 0.25) is 0 Å². The molecule has 8 heteroatoms. The Morgan fingerprint density at radius 2 is 2.20 bits per heavy atom. The molecule has 104 valence electrons. The van der Waals surface area contributed by atoms with Gasteiger partial charge in [0.15, 0.2) is 0 Å². The van der Waals surface area contributed by atoms with Crippen LogP contribution in [0.4, 0.5) is 5.69 Å². The molecule has 0 aliphatic rings. The molecule has 0 fully saturated rings. The molecule has 0 saturated carbocycles. The number of carbonyl (C=O) groups excluding carboxylic acids is 1. The highest BCUT2D eigenvalue weighted by atomic mass is 32.1. The number of rotatable bonds is 4. The first-order valence-electron chi connectivity index (χ1n) is 5.43. The molecule has 2 rings (SSSR count). The van der Waals surface area contributed by atoms with Gasteiger partial charge >= 0.3 is 5.97 Å². The van der Waals surface area contributed by atoms with Crippen LogP contribution >= 0.6 is 11.3 Å². The van der Waals surface area contributed by atoms with Crippen molar-refractivity contribution in [2.24, 2.45) is 0 Å². The van der Waals surface area contributed by atoms with Gasteiger partial charge in [-0.2, -0.15) is 0 Å². The Morgan fingerprint density at radius 1 is 1.45 bits per heavy atom. The van der Waals surface area contributed by atoms with E-state index in [2.05, 4.69) is 9.72 Å². The van der Waals surface area contributed by atoms with E-state index in [9.17, 15) is 14.9 Å². The standard InChI is InChI=1S/C12H10N2O5S/c1-18-9-3-4-13-6-7(9)11-8(14(16)17)5-10(20-11)12(15)19-2/h3-6H,1-2H3. The molecule has 20 heavy (non-hydrogen) atoms. The number of methoxy groups -OCH3 is 2. The zero-order valence-electron chi connectivity index (χ0n) is 10.7. The zero-order valence-corrected chi connectivity index (χ0v) is 11.5. The summed E-state index contributed by atoms with van der Waals surface area (Å²) in [7, 11) is 2.68. The van der Waals surface area contributed by atoms with E-state index >= 15 is 0 Å². The summed E-state index contributed by atoms with van der Waals surface area (Å²) >= 11 is 0.967. The predicted molar refractivity (Wildman–Crippen MR) is 72.1 cm³/mol. The highest BCUT2D eigenvalue weighted by Gasteiger charge is 2.25. The zero-order chi connectivity index (χ0) is 14.7. The number of hydrogen-bond donors (Lipinski definition) is 0. The van der Waals surface area contributed by atoms with Gasteiger partial charge in [0.05, 0.1) is 24.7 Å². The molecule has 0 aromatic carbocycles. The molecule has 0 spiro atoms. The Balaban J connectivity index is 2.63. The van der Waals surface area contributed by atoms with Gasteiger partial charge in [0.2, 0.25) is 0 Å². The van der Waals surface area contributed by atoms with Crippen molar-refractivity contribution in [1.29, 1.82) is 0 Å². The van der Waals surface area contributed by atoms with Crippen LogP contribution < -0.4 is 4.74 Å². The first-order chi connectivity index (χ1) is 9.58. The van der Waals surface area contributed by atoms with E-state index in [1.807, 2.05) is 0 Å². The van der Waals surface area contributed by atoms with Crippen molar-refractivity contribution >= 4 is 23.0 Å². The van der Waals surface area contributed by atoms with Crippen LogP contribution in [0.5, 0.6) is 5.75 Å². The van der Waals surface area contributed by atoms with Crippen LogP contribution in [0.15, 0.2) is 24.5 Å². The maximum Gasteiger partial charge on any atom is 0.348 e. The lowest BCUT2D eigenvalue weighted by Gasteiger charge is -2.04. The van der Waals surface area contributed by atoms with E-state index < -0.39 is 10.9 Å². The Labute approximate surface area is 117 Å². The van der Waals surface area contributed by atoms with Crippen molar-refractivity contribution in [3.63, 3.8) is 0 Å². The third kappa shape index (κ3) is 2.45. The minimum absolute atomic E-state index is 0.153. The summed E-state index contributed by atoms with van der Waals surface area (Å²) in [5, 5.41) is 11.1. The molecule has 0 unspecified atom stereocenters. The fraction of sp³-hybridized carbons (Fsp3) is 0.167. The van der Waals surface area contributed by atoms with Gasteiger partial charge in [-0.05, 0) is 6.07 Å². The van der Waals surface area contributed by atoms with Crippen LogP contribution in [-0.4, -0.2) is 30.1 Å². The van der Waals surface area contributed by atoms with Gasteiger partial charge in [0, 0.05) is 18.5 Å². The van der Waals surface area contributed by atoms with Crippen LogP contribution in [0.1, 0.15) is 9.67 Å². The number of carbonyl (C=O) groups is 1.